The average molecular weight is 330 g/mol. The van der Waals surface area contributed by atoms with Crippen molar-refractivity contribution in [1.29, 1.82) is 0 Å². The van der Waals surface area contributed by atoms with E-state index in [4.69, 9.17) is 9.47 Å². The minimum atomic E-state index is -0.636. The van der Waals surface area contributed by atoms with Crippen LogP contribution in [0.15, 0.2) is 36.5 Å². The number of methoxy groups -OCH3 is 1. The highest BCUT2D eigenvalue weighted by Crippen LogP contribution is 2.18. The van der Waals surface area contributed by atoms with Crippen LogP contribution in [0, 0.1) is 5.92 Å². The molecule has 0 radical (unpaired) electrons. The molecule has 1 fully saturated rings. The number of amides is 1. The molecule has 2 N–H and O–H groups in total. The zero-order chi connectivity index (χ0) is 16.9. The topological polar surface area (TPSA) is 80.7 Å². The van der Waals surface area contributed by atoms with E-state index in [1.165, 1.54) is 0 Å². The van der Waals surface area contributed by atoms with E-state index >= 15 is 0 Å². The summed E-state index contributed by atoms with van der Waals surface area (Å²) in [5.74, 6) is -0.266. The molecule has 1 saturated heterocycles. The molecule has 24 heavy (non-hydrogen) atoms. The van der Waals surface area contributed by atoms with Gasteiger partial charge in [0.15, 0.2) is 0 Å². The molecule has 1 aliphatic heterocycles. The molecule has 3 atom stereocenters. The fourth-order valence-electron chi connectivity index (χ4n) is 3.01. The largest absolute Gasteiger partial charge is 0.390 e. The van der Waals surface area contributed by atoms with Gasteiger partial charge in [0, 0.05) is 31.2 Å². The summed E-state index contributed by atoms with van der Waals surface area (Å²) in [6, 6.07) is 9.67. The predicted octanol–water partition coefficient (Wildman–Crippen LogP) is 0.916. The molecule has 3 rings (SSSR count). The summed E-state index contributed by atoms with van der Waals surface area (Å²) < 4.78 is 10.6. The second-order valence-corrected chi connectivity index (χ2v) is 6.04. The van der Waals surface area contributed by atoms with E-state index in [1.54, 1.807) is 13.3 Å². The van der Waals surface area contributed by atoms with Crippen molar-refractivity contribution in [3.63, 3.8) is 0 Å². The standard InChI is InChI=1S/C18H22N2O4/c1-23-15-11-24-10-14(18(15)22)9-20-16(21)8-13-5-2-4-12-6-3-7-19-17(12)13/h2-7,14-15,18,22H,8-11H2,1H3,(H,20,21)/t14-,15-,18+/m1/s1. The number of hydrogen-bond donors (Lipinski definition) is 2. The molecule has 1 amide bonds. The van der Waals surface area contributed by atoms with E-state index < -0.39 is 6.10 Å². The Bertz CT molecular complexity index is 701. The molecule has 1 aromatic carbocycles. The van der Waals surface area contributed by atoms with Crippen molar-refractivity contribution < 1.29 is 19.4 Å². The molecule has 1 aliphatic rings. The Hall–Kier alpha value is -2.02. The molecule has 2 heterocycles. The van der Waals surface area contributed by atoms with Crippen molar-refractivity contribution in [2.75, 3.05) is 26.9 Å². The van der Waals surface area contributed by atoms with Gasteiger partial charge in [-0.15, -0.1) is 0 Å². The first-order valence-corrected chi connectivity index (χ1v) is 8.07. The summed E-state index contributed by atoms with van der Waals surface area (Å²) in [5.41, 5.74) is 1.73. The van der Waals surface area contributed by atoms with Gasteiger partial charge in [0.2, 0.25) is 5.91 Å². The molecular weight excluding hydrogens is 308 g/mol. The number of fused-ring (bicyclic) bond motifs is 1. The number of carbonyl (C=O) groups is 1. The maximum atomic E-state index is 12.3. The number of pyridine rings is 1. The summed E-state index contributed by atoms with van der Waals surface area (Å²) in [5, 5.41) is 14.1. The number of carbonyl (C=O) groups excluding carboxylic acids is 1. The number of rotatable bonds is 5. The van der Waals surface area contributed by atoms with Crippen LogP contribution in [0.25, 0.3) is 10.9 Å². The van der Waals surface area contributed by atoms with Gasteiger partial charge in [0.05, 0.1) is 31.3 Å². The summed E-state index contributed by atoms with van der Waals surface area (Å²) in [4.78, 5) is 16.6. The summed E-state index contributed by atoms with van der Waals surface area (Å²) in [6.45, 7) is 1.15. The van der Waals surface area contributed by atoms with Crippen molar-refractivity contribution >= 4 is 16.8 Å². The number of aliphatic hydroxyl groups is 1. The molecule has 128 valence electrons. The number of para-hydroxylation sites is 1. The lowest BCUT2D eigenvalue weighted by Crippen LogP contribution is -2.49. The van der Waals surface area contributed by atoms with Gasteiger partial charge in [-0.1, -0.05) is 24.3 Å². The number of aliphatic hydroxyl groups excluding tert-OH is 1. The van der Waals surface area contributed by atoms with Crippen molar-refractivity contribution in [1.82, 2.24) is 10.3 Å². The Morgan fingerprint density at radius 3 is 3.04 bits per heavy atom. The van der Waals surface area contributed by atoms with Crippen LogP contribution in [-0.2, 0) is 20.7 Å². The summed E-state index contributed by atoms with van der Waals surface area (Å²) in [6.07, 6.45) is 1.00. The Balaban J connectivity index is 1.59. The van der Waals surface area contributed by atoms with Gasteiger partial charge in [-0.25, -0.2) is 0 Å². The van der Waals surface area contributed by atoms with E-state index in [0.717, 1.165) is 16.5 Å². The molecule has 6 nitrogen and oxygen atoms in total. The van der Waals surface area contributed by atoms with E-state index in [9.17, 15) is 9.90 Å². The van der Waals surface area contributed by atoms with Crippen molar-refractivity contribution in [3.8, 4) is 0 Å². The van der Waals surface area contributed by atoms with Gasteiger partial charge in [-0.3, -0.25) is 9.78 Å². The Labute approximate surface area is 140 Å². The van der Waals surface area contributed by atoms with E-state index in [0.29, 0.717) is 19.8 Å². The van der Waals surface area contributed by atoms with Gasteiger partial charge in [0.1, 0.15) is 6.10 Å². The second-order valence-electron chi connectivity index (χ2n) is 6.04. The van der Waals surface area contributed by atoms with Gasteiger partial charge < -0.3 is 19.9 Å². The Morgan fingerprint density at radius 1 is 1.38 bits per heavy atom. The monoisotopic (exact) mass is 330 g/mol. The number of ether oxygens (including phenoxy) is 2. The smallest absolute Gasteiger partial charge is 0.224 e. The minimum Gasteiger partial charge on any atom is -0.390 e. The average Bonchev–Trinajstić information content (AvgIpc) is 2.61. The second kappa shape index (κ2) is 7.70. The third kappa shape index (κ3) is 3.72. The zero-order valence-corrected chi connectivity index (χ0v) is 13.6. The Morgan fingerprint density at radius 2 is 2.21 bits per heavy atom. The molecule has 0 aliphatic carbocycles. The van der Waals surface area contributed by atoms with Crippen LogP contribution in [0.5, 0.6) is 0 Å². The molecule has 2 aromatic rings. The van der Waals surface area contributed by atoms with Crippen LogP contribution in [0.3, 0.4) is 0 Å². The molecule has 1 aromatic heterocycles. The lowest BCUT2D eigenvalue weighted by atomic mass is 9.96. The fourth-order valence-corrected chi connectivity index (χ4v) is 3.01. The van der Waals surface area contributed by atoms with Crippen LogP contribution in [0.2, 0.25) is 0 Å². The normalized spacial score (nSPS) is 24.0. The summed E-state index contributed by atoms with van der Waals surface area (Å²) >= 11 is 0. The van der Waals surface area contributed by atoms with Crippen LogP contribution < -0.4 is 5.32 Å². The highest BCUT2D eigenvalue weighted by Gasteiger charge is 2.32. The molecule has 6 heteroatoms. The third-order valence-electron chi connectivity index (χ3n) is 4.41. The fraction of sp³-hybridized carbons (Fsp3) is 0.444. The maximum absolute atomic E-state index is 12.3. The molecule has 0 bridgehead atoms. The van der Waals surface area contributed by atoms with Crippen molar-refractivity contribution in [3.05, 3.63) is 42.1 Å². The van der Waals surface area contributed by atoms with Crippen molar-refractivity contribution in [2.45, 2.75) is 18.6 Å². The predicted molar refractivity (Wildman–Crippen MR) is 89.6 cm³/mol. The number of nitrogens with zero attached hydrogens (tertiary/aromatic N) is 1. The van der Waals surface area contributed by atoms with Gasteiger partial charge >= 0.3 is 0 Å². The lowest BCUT2D eigenvalue weighted by molar-refractivity contribution is -0.136. The highest BCUT2D eigenvalue weighted by molar-refractivity contribution is 5.87. The van der Waals surface area contributed by atoms with Crippen LogP contribution in [0.4, 0.5) is 0 Å². The molecule has 0 spiro atoms. The molecular formula is C18H22N2O4. The highest BCUT2D eigenvalue weighted by atomic mass is 16.5. The number of aromatic nitrogens is 1. The van der Waals surface area contributed by atoms with E-state index in [-0.39, 0.29) is 24.3 Å². The quantitative estimate of drug-likeness (QED) is 0.852. The van der Waals surface area contributed by atoms with Crippen LogP contribution in [0.1, 0.15) is 5.56 Å². The first kappa shape index (κ1) is 16.8. The first-order valence-electron chi connectivity index (χ1n) is 8.07. The molecule has 0 unspecified atom stereocenters. The maximum Gasteiger partial charge on any atom is 0.224 e. The number of nitrogens with one attached hydrogen (secondary N) is 1. The van der Waals surface area contributed by atoms with Gasteiger partial charge in [0.25, 0.3) is 0 Å². The lowest BCUT2D eigenvalue weighted by Gasteiger charge is -2.33. The SMILES string of the molecule is CO[C@@H]1COC[C@@H](CNC(=O)Cc2cccc3cccnc23)[C@@H]1O. The summed E-state index contributed by atoms with van der Waals surface area (Å²) in [7, 11) is 1.55. The van der Waals surface area contributed by atoms with Crippen LogP contribution >= 0.6 is 0 Å². The Kier molecular flexibility index (Phi) is 5.40. The third-order valence-corrected chi connectivity index (χ3v) is 4.41. The first-order chi connectivity index (χ1) is 11.7. The van der Waals surface area contributed by atoms with Gasteiger partial charge in [-0.05, 0) is 11.6 Å². The van der Waals surface area contributed by atoms with E-state index in [1.807, 2.05) is 30.3 Å². The zero-order valence-electron chi connectivity index (χ0n) is 13.6. The minimum absolute atomic E-state index is 0.0973. The van der Waals surface area contributed by atoms with Gasteiger partial charge in [-0.2, -0.15) is 0 Å². The van der Waals surface area contributed by atoms with Crippen molar-refractivity contribution in [2.24, 2.45) is 5.92 Å². The van der Waals surface area contributed by atoms with E-state index in [2.05, 4.69) is 10.3 Å². The number of benzene rings is 1. The van der Waals surface area contributed by atoms with Crippen LogP contribution in [-0.4, -0.2) is 55.1 Å². The number of hydrogen-bond acceptors (Lipinski definition) is 5. The molecule has 0 saturated carbocycles.